The molecule has 0 amide bonds. The fourth-order valence-electron chi connectivity index (χ4n) is 2.03. The van der Waals surface area contributed by atoms with Gasteiger partial charge in [-0.25, -0.2) is 0 Å². The standard InChI is InChI=1S/C13H16N2O/c1-9-3-2-4-11(8-15)13(9)16-12-5-10(6-12)7-14/h2-4,10,12H,5-7,14H2,1H3. The fourth-order valence-corrected chi connectivity index (χ4v) is 2.03. The van der Waals surface area contributed by atoms with Crippen molar-refractivity contribution in [2.24, 2.45) is 11.7 Å². The summed E-state index contributed by atoms with van der Waals surface area (Å²) in [6.45, 7) is 2.70. The van der Waals surface area contributed by atoms with Gasteiger partial charge in [0.25, 0.3) is 0 Å². The van der Waals surface area contributed by atoms with Crippen LogP contribution in [0.5, 0.6) is 5.75 Å². The molecule has 0 unspecified atom stereocenters. The number of hydrogen-bond donors (Lipinski definition) is 1. The Morgan fingerprint density at radius 1 is 1.50 bits per heavy atom. The molecule has 1 aliphatic rings. The molecule has 1 saturated carbocycles. The van der Waals surface area contributed by atoms with Gasteiger partial charge in [0, 0.05) is 0 Å². The van der Waals surface area contributed by atoms with E-state index in [-0.39, 0.29) is 6.10 Å². The molecule has 3 nitrogen and oxygen atoms in total. The predicted octanol–water partition coefficient (Wildman–Crippen LogP) is 1.98. The van der Waals surface area contributed by atoms with Gasteiger partial charge in [-0.3, -0.25) is 0 Å². The molecule has 1 aromatic rings. The van der Waals surface area contributed by atoms with Gasteiger partial charge in [0.05, 0.1) is 11.7 Å². The van der Waals surface area contributed by atoms with Gasteiger partial charge < -0.3 is 10.5 Å². The fraction of sp³-hybridized carbons (Fsp3) is 0.462. The van der Waals surface area contributed by atoms with E-state index in [0.717, 1.165) is 30.7 Å². The monoisotopic (exact) mass is 216 g/mol. The van der Waals surface area contributed by atoms with Crippen LogP contribution in [-0.4, -0.2) is 12.6 Å². The van der Waals surface area contributed by atoms with Gasteiger partial charge >= 0.3 is 0 Å². The molecule has 0 saturated heterocycles. The summed E-state index contributed by atoms with van der Waals surface area (Å²) >= 11 is 0. The molecular weight excluding hydrogens is 200 g/mol. The lowest BCUT2D eigenvalue weighted by Gasteiger charge is -2.35. The molecule has 1 aliphatic carbocycles. The molecule has 2 N–H and O–H groups in total. The molecule has 3 heteroatoms. The first kappa shape index (κ1) is 11.0. The van der Waals surface area contributed by atoms with Crippen LogP contribution in [-0.2, 0) is 0 Å². The zero-order valence-electron chi connectivity index (χ0n) is 9.44. The van der Waals surface area contributed by atoms with Crippen molar-refractivity contribution in [2.75, 3.05) is 6.54 Å². The van der Waals surface area contributed by atoms with Crippen LogP contribution >= 0.6 is 0 Å². The lowest BCUT2D eigenvalue weighted by Crippen LogP contribution is -2.38. The molecule has 0 radical (unpaired) electrons. The Morgan fingerprint density at radius 2 is 2.25 bits per heavy atom. The van der Waals surface area contributed by atoms with Gasteiger partial charge in [-0.1, -0.05) is 12.1 Å². The lowest BCUT2D eigenvalue weighted by molar-refractivity contribution is 0.0681. The third-order valence-corrected chi connectivity index (χ3v) is 3.14. The van der Waals surface area contributed by atoms with E-state index in [1.54, 1.807) is 6.07 Å². The maximum Gasteiger partial charge on any atom is 0.140 e. The minimum Gasteiger partial charge on any atom is -0.489 e. The maximum absolute atomic E-state index is 8.99. The van der Waals surface area contributed by atoms with Gasteiger partial charge in [-0.2, -0.15) is 5.26 Å². The Kier molecular flexibility index (Phi) is 3.12. The summed E-state index contributed by atoms with van der Waals surface area (Å²) in [5, 5.41) is 8.99. The SMILES string of the molecule is Cc1cccc(C#N)c1OC1CC(CN)C1. The Morgan fingerprint density at radius 3 is 2.88 bits per heavy atom. The summed E-state index contributed by atoms with van der Waals surface area (Å²) in [5.41, 5.74) is 7.21. The van der Waals surface area contributed by atoms with Crippen LogP contribution in [0, 0.1) is 24.2 Å². The van der Waals surface area contributed by atoms with Crippen molar-refractivity contribution in [2.45, 2.75) is 25.9 Å². The molecule has 1 aromatic carbocycles. The van der Waals surface area contributed by atoms with Crippen LogP contribution in [0.4, 0.5) is 0 Å². The van der Waals surface area contributed by atoms with E-state index >= 15 is 0 Å². The van der Waals surface area contributed by atoms with Crippen molar-refractivity contribution < 1.29 is 4.74 Å². The summed E-state index contributed by atoms with van der Waals surface area (Å²) in [4.78, 5) is 0. The van der Waals surface area contributed by atoms with Gasteiger partial charge in [-0.05, 0) is 43.9 Å². The lowest BCUT2D eigenvalue weighted by atomic mass is 9.82. The van der Waals surface area contributed by atoms with E-state index < -0.39 is 0 Å². The van der Waals surface area contributed by atoms with E-state index in [9.17, 15) is 0 Å². The topological polar surface area (TPSA) is 59.0 Å². The van der Waals surface area contributed by atoms with Gasteiger partial charge in [0.1, 0.15) is 11.8 Å². The average Bonchev–Trinajstić information content (AvgIpc) is 2.24. The number of ether oxygens (including phenoxy) is 1. The largest absolute Gasteiger partial charge is 0.489 e. The number of nitriles is 1. The second kappa shape index (κ2) is 4.54. The Hall–Kier alpha value is -1.53. The zero-order chi connectivity index (χ0) is 11.5. The first-order chi connectivity index (χ1) is 7.74. The summed E-state index contributed by atoms with van der Waals surface area (Å²) in [6, 6.07) is 7.81. The summed E-state index contributed by atoms with van der Waals surface area (Å²) in [5.74, 6) is 1.34. The minimum absolute atomic E-state index is 0.238. The van der Waals surface area contributed by atoms with Crippen LogP contribution in [0.2, 0.25) is 0 Å². The van der Waals surface area contributed by atoms with Crippen molar-refractivity contribution >= 4 is 0 Å². The van der Waals surface area contributed by atoms with E-state index in [0.29, 0.717) is 11.5 Å². The Bertz CT molecular complexity index is 416. The smallest absolute Gasteiger partial charge is 0.140 e. The Balaban J connectivity index is 2.08. The molecule has 0 aliphatic heterocycles. The predicted molar refractivity (Wildman–Crippen MR) is 62.1 cm³/mol. The number of hydrogen-bond acceptors (Lipinski definition) is 3. The van der Waals surface area contributed by atoms with Crippen LogP contribution in [0.3, 0.4) is 0 Å². The molecule has 0 bridgehead atoms. The molecule has 0 aromatic heterocycles. The molecule has 1 fully saturated rings. The number of nitrogens with zero attached hydrogens (tertiary/aromatic N) is 1. The summed E-state index contributed by atoms with van der Waals surface area (Å²) in [6.07, 6.45) is 2.26. The van der Waals surface area contributed by atoms with Crippen LogP contribution in [0.15, 0.2) is 18.2 Å². The molecular formula is C13H16N2O. The third-order valence-electron chi connectivity index (χ3n) is 3.14. The quantitative estimate of drug-likeness (QED) is 0.840. The molecule has 0 heterocycles. The molecule has 2 rings (SSSR count). The highest BCUT2D eigenvalue weighted by atomic mass is 16.5. The number of para-hydroxylation sites is 1. The van der Waals surface area contributed by atoms with E-state index in [4.69, 9.17) is 15.7 Å². The highest BCUT2D eigenvalue weighted by molar-refractivity contribution is 5.48. The van der Waals surface area contributed by atoms with Crippen LogP contribution in [0.25, 0.3) is 0 Å². The third kappa shape index (κ3) is 2.02. The van der Waals surface area contributed by atoms with E-state index in [1.807, 2.05) is 19.1 Å². The number of nitrogens with two attached hydrogens (primary N) is 1. The van der Waals surface area contributed by atoms with Gasteiger partial charge in [0.15, 0.2) is 0 Å². The molecule has 0 spiro atoms. The minimum atomic E-state index is 0.238. The molecule has 16 heavy (non-hydrogen) atoms. The zero-order valence-corrected chi connectivity index (χ0v) is 9.44. The second-order valence-corrected chi connectivity index (χ2v) is 4.38. The number of aryl methyl sites for hydroxylation is 1. The van der Waals surface area contributed by atoms with Crippen molar-refractivity contribution in [3.05, 3.63) is 29.3 Å². The van der Waals surface area contributed by atoms with Crippen molar-refractivity contribution in [1.29, 1.82) is 5.26 Å². The van der Waals surface area contributed by atoms with Crippen molar-refractivity contribution in [3.63, 3.8) is 0 Å². The first-order valence-electron chi connectivity index (χ1n) is 5.61. The summed E-state index contributed by atoms with van der Waals surface area (Å²) < 4.78 is 5.86. The van der Waals surface area contributed by atoms with Gasteiger partial charge in [0.2, 0.25) is 0 Å². The highest BCUT2D eigenvalue weighted by Crippen LogP contribution is 2.33. The van der Waals surface area contributed by atoms with E-state index in [1.165, 1.54) is 0 Å². The van der Waals surface area contributed by atoms with Crippen molar-refractivity contribution in [1.82, 2.24) is 0 Å². The molecule has 84 valence electrons. The van der Waals surface area contributed by atoms with Crippen LogP contribution in [0.1, 0.15) is 24.0 Å². The maximum atomic E-state index is 8.99. The van der Waals surface area contributed by atoms with Gasteiger partial charge in [-0.15, -0.1) is 0 Å². The first-order valence-corrected chi connectivity index (χ1v) is 5.61. The number of benzene rings is 1. The van der Waals surface area contributed by atoms with Crippen LogP contribution < -0.4 is 10.5 Å². The Labute approximate surface area is 95.8 Å². The highest BCUT2D eigenvalue weighted by Gasteiger charge is 2.30. The summed E-state index contributed by atoms with van der Waals surface area (Å²) in [7, 11) is 0. The normalized spacial score (nSPS) is 23.3. The second-order valence-electron chi connectivity index (χ2n) is 4.38. The number of rotatable bonds is 3. The van der Waals surface area contributed by atoms with E-state index in [2.05, 4.69) is 6.07 Å². The molecule has 0 atom stereocenters. The average molecular weight is 216 g/mol. The van der Waals surface area contributed by atoms with Crippen molar-refractivity contribution in [3.8, 4) is 11.8 Å².